The molecule has 0 aliphatic carbocycles. The first-order chi connectivity index (χ1) is 16.1. The van der Waals surface area contributed by atoms with Crippen molar-refractivity contribution >= 4 is 55.4 Å². The average Bonchev–Trinajstić information content (AvgIpc) is 3.28. The molecule has 0 amide bonds. The van der Waals surface area contributed by atoms with Gasteiger partial charge in [-0.2, -0.15) is 0 Å². The Balaban J connectivity index is 1.25. The zero-order valence-electron chi connectivity index (χ0n) is 17.3. The predicted molar refractivity (Wildman–Crippen MR) is 138 cm³/mol. The van der Waals surface area contributed by atoms with Crippen LogP contribution in [0.15, 0.2) is 107 Å². The van der Waals surface area contributed by atoms with Crippen molar-refractivity contribution in [1.29, 1.82) is 0 Å². The fourth-order valence-electron chi connectivity index (χ4n) is 3.24. The lowest BCUT2D eigenvalue weighted by atomic mass is 10.1. The van der Waals surface area contributed by atoms with Gasteiger partial charge in [-0.1, -0.05) is 46.3 Å². The van der Waals surface area contributed by atoms with Crippen LogP contribution in [0, 0.1) is 0 Å². The van der Waals surface area contributed by atoms with E-state index in [-0.39, 0.29) is 0 Å². The normalized spacial score (nSPS) is 11.2. The molecule has 0 atom stereocenters. The van der Waals surface area contributed by atoms with E-state index < -0.39 is 5.97 Å². The molecule has 33 heavy (non-hydrogen) atoms. The number of aromatic nitrogens is 1. The van der Waals surface area contributed by atoms with Gasteiger partial charge in [-0.15, -0.1) is 11.3 Å². The second-order valence-corrected chi connectivity index (χ2v) is 9.21. The molecular formula is C27H17BrN2O2S. The van der Waals surface area contributed by atoms with Crippen LogP contribution in [0.4, 0.5) is 5.69 Å². The third kappa shape index (κ3) is 5.08. The summed E-state index contributed by atoms with van der Waals surface area (Å²) in [6.07, 6.45) is 1.77. The number of carbonyl (C=O) groups is 1. The number of aliphatic imine (C=N–C) groups is 1. The topological polar surface area (TPSA) is 51.5 Å². The van der Waals surface area contributed by atoms with Crippen molar-refractivity contribution in [3.63, 3.8) is 0 Å². The first-order valence-electron chi connectivity index (χ1n) is 10.2. The zero-order chi connectivity index (χ0) is 22.6. The lowest BCUT2D eigenvalue weighted by Gasteiger charge is -2.05. The highest BCUT2D eigenvalue weighted by Crippen LogP contribution is 2.31. The molecule has 0 radical (unpaired) electrons. The molecule has 1 heterocycles. The van der Waals surface area contributed by atoms with E-state index in [1.54, 1.807) is 41.8 Å². The summed E-state index contributed by atoms with van der Waals surface area (Å²) in [5, 5.41) is 0.997. The molecule has 0 saturated heterocycles. The number of hydrogen-bond acceptors (Lipinski definition) is 5. The van der Waals surface area contributed by atoms with Crippen molar-refractivity contribution < 1.29 is 9.53 Å². The number of halogens is 1. The first-order valence-corrected chi connectivity index (χ1v) is 11.8. The molecule has 0 spiro atoms. The number of nitrogens with zero attached hydrogens (tertiary/aromatic N) is 2. The van der Waals surface area contributed by atoms with Crippen LogP contribution >= 0.6 is 27.3 Å². The number of hydrogen-bond donors (Lipinski definition) is 0. The van der Waals surface area contributed by atoms with Crippen molar-refractivity contribution in [1.82, 2.24) is 4.98 Å². The molecular weight excluding hydrogens is 496 g/mol. The third-order valence-electron chi connectivity index (χ3n) is 4.92. The molecule has 160 valence electrons. The number of benzene rings is 4. The first kappa shape index (κ1) is 21.2. The fourth-order valence-corrected chi connectivity index (χ4v) is 4.59. The van der Waals surface area contributed by atoms with E-state index in [1.165, 1.54) is 4.70 Å². The summed E-state index contributed by atoms with van der Waals surface area (Å²) >= 11 is 5.05. The Morgan fingerprint density at radius 1 is 0.909 bits per heavy atom. The van der Waals surface area contributed by atoms with Crippen molar-refractivity contribution in [2.45, 2.75) is 0 Å². The molecule has 0 saturated carbocycles. The van der Waals surface area contributed by atoms with E-state index in [9.17, 15) is 4.79 Å². The Labute approximate surface area is 203 Å². The van der Waals surface area contributed by atoms with Crippen LogP contribution < -0.4 is 4.74 Å². The lowest BCUT2D eigenvalue weighted by Crippen LogP contribution is -2.08. The molecule has 0 aliphatic heterocycles. The second-order valence-electron chi connectivity index (χ2n) is 7.26. The molecule has 0 fully saturated rings. The Morgan fingerprint density at radius 3 is 2.45 bits per heavy atom. The van der Waals surface area contributed by atoms with Crippen LogP contribution in [0.5, 0.6) is 5.75 Å². The quantitative estimate of drug-likeness (QED) is 0.138. The van der Waals surface area contributed by atoms with Gasteiger partial charge in [0.1, 0.15) is 10.8 Å². The Hall–Kier alpha value is -3.61. The van der Waals surface area contributed by atoms with Crippen molar-refractivity contribution in [3.05, 3.63) is 113 Å². The summed E-state index contributed by atoms with van der Waals surface area (Å²) in [5.74, 6) is 0.0938. The van der Waals surface area contributed by atoms with Crippen LogP contribution in [0.3, 0.4) is 0 Å². The van der Waals surface area contributed by atoms with Gasteiger partial charge in [0.25, 0.3) is 0 Å². The van der Waals surface area contributed by atoms with E-state index in [0.29, 0.717) is 11.3 Å². The van der Waals surface area contributed by atoms with Crippen molar-refractivity contribution in [2.75, 3.05) is 0 Å². The van der Waals surface area contributed by atoms with Crippen LogP contribution in [-0.2, 0) is 0 Å². The molecule has 1 aromatic heterocycles. The molecule has 4 aromatic carbocycles. The van der Waals surface area contributed by atoms with E-state index in [2.05, 4.69) is 27.0 Å². The Morgan fingerprint density at radius 2 is 1.70 bits per heavy atom. The number of thiazole rings is 1. The molecule has 5 rings (SSSR count). The Kier molecular flexibility index (Phi) is 6.11. The average molecular weight is 513 g/mol. The molecule has 0 aliphatic rings. The molecule has 0 unspecified atom stereocenters. The minimum Gasteiger partial charge on any atom is -0.423 e. The molecule has 4 nitrogen and oxygen atoms in total. The number of rotatable bonds is 5. The highest BCUT2D eigenvalue weighted by Gasteiger charge is 2.09. The van der Waals surface area contributed by atoms with Gasteiger partial charge in [0.05, 0.1) is 21.5 Å². The third-order valence-corrected chi connectivity index (χ3v) is 6.50. The summed E-state index contributed by atoms with van der Waals surface area (Å²) < 4.78 is 7.44. The van der Waals surface area contributed by atoms with E-state index in [1.807, 2.05) is 66.7 Å². The highest BCUT2D eigenvalue weighted by atomic mass is 79.9. The minimum atomic E-state index is -0.401. The van der Waals surface area contributed by atoms with Crippen molar-refractivity contribution in [3.8, 4) is 16.3 Å². The van der Waals surface area contributed by atoms with Gasteiger partial charge < -0.3 is 4.74 Å². The second kappa shape index (κ2) is 9.48. The van der Waals surface area contributed by atoms with Crippen LogP contribution in [0.1, 0.15) is 15.9 Å². The van der Waals surface area contributed by atoms with Gasteiger partial charge in [-0.3, -0.25) is 4.99 Å². The monoisotopic (exact) mass is 512 g/mol. The van der Waals surface area contributed by atoms with E-state index in [0.717, 1.165) is 31.8 Å². The largest absolute Gasteiger partial charge is 0.423 e. The van der Waals surface area contributed by atoms with Gasteiger partial charge in [0, 0.05) is 16.3 Å². The van der Waals surface area contributed by atoms with Crippen molar-refractivity contribution in [2.24, 2.45) is 4.99 Å². The Bertz CT molecular complexity index is 1430. The minimum absolute atomic E-state index is 0.401. The highest BCUT2D eigenvalue weighted by molar-refractivity contribution is 9.10. The maximum absolute atomic E-state index is 12.3. The van der Waals surface area contributed by atoms with Crippen LogP contribution in [0.2, 0.25) is 0 Å². The summed E-state index contributed by atoms with van der Waals surface area (Å²) in [5.41, 5.74) is 4.31. The zero-order valence-corrected chi connectivity index (χ0v) is 19.7. The summed E-state index contributed by atoms with van der Waals surface area (Å²) in [7, 11) is 0. The van der Waals surface area contributed by atoms with Gasteiger partial charge in [-0.05, 0) is 72.3 Å². The maximum Gasteiger partial charge on any atom is 0.343 e. The van der Waals surface area contributed by atoms with E-state index in [4.69, 9.17) is 9.72 Å². The maximum atomic E-state index is 12.3. The van der Waals surface area contributed by atoms with Gasteiger partial charge >= 0.3 is 5.97 Å². The summed E-state index contributed by atoms with van der Waals surface area (Å²) in [6.45, 7) is 0. The standard InChI is InChI=1S/C27H17BrN2O2S/c28-21-4-3-5-23(16-21)32-27(31)20-10-8-18(9-11-20)17-29-22-14-12-19(13-15-22)26-30-24-6-1-2-7-25(24)33-26/h1-17H. The lowest BCUT2D eigenvalue weighted by molar-refractivity contribution is 0.0734. The predicted octanol–water partition coefficient (Wildman–Crippen LogP) is 7.70. The number of carbonyl (C=O) groups excluding carboxylic acids is 1. The van der Waals surface area contributed by atoms with Gasteiger partial charge in [0.15, 0.2) is 0 Å². The number of ether oxygens (including phenoxy) is 1. The van der Waals surface area contributed by atoms with Gasteiger partial charge in [0.2, 0.25) is 0 Å². The molecule has 6 heteroatoms. The van der Waals surface area contributed by atoms with E-state index >= 15 is 0 Å². The molecule has 5 aromatic rings. The summed E-state index contributed by atoms with van der Waals surface area (Å²) in [4.78, 5) is 21.6. The number of fused-ring (bicyclic) bond motifs is 1. The van der Waals surface area contributed by atoms with Crippen LogP contribution in [0.25, 0.3) is 20.8 Å². The number of esters is 1. The van der Waals surface area contributed by atoms with Crippen LogP contribution in [-0.4, -0.2) is 17.2 Å². The smallest absolute Gasteiger partial charge is 0.343 e. The number of para-hydroxylation sites is 1. The molecule has 0 bridgehead atoms. The molecule has 0 N–H and O–H groups in total. The summed E-state index contributed by atoms with van der Waals surface area (Å²) in [6, 6.07) is 30.5. The fraction of sp³-hybridized carbons (Fsp3) is 0. The SMILES string of the molecule is O=C(Oc1cccc(Br)c1)c1ccc(C=Nc2ccc(-c3nc4ccccc4s3)cc2)cc1. The van der Waals surface area contributed by atoms with Gasteiger partial charge in [-0.25, -0.2) is 9.78 Å².